The van der Waals surface area contributed by atoms with E-state index in [0.29, 0.717) is 28.1 Å². The van der Waals surface area contributed by atoms with Crippen LogP contribution in [0.3, 0.4) is 0 Å². The molecule has 0 radical (unpaired) electrons. The predicted molar refractivity (Wildman–Crippen MR) is 306 cm³/mol. The van der Waals surface area contributed by atoms with Crippen molar-refractivity contribution in [1.29, 1.82) is 10.5 Å². The second-order valence-corrected chi connectivity index (χ2v) is 18.9. The Labute approximate surface area is 429 Å². The fourth-order valence-electron chi connectivity index (χ4n) is 11.7. The Morgan fingerprint density at radius 3 is 1.50 bits per heavy atom. The molecule has 0 aliphatic heterocycles. The molecule has 0 bridgehead atoms. The molecule has 0 unspecified atom stereocenters. The SMILES string of the molecule is C#C/C=C\c1c(C)n(-c2c(C#N)c(-c3ccccc3)c(C#N)c(-n3c4ccccc4c4cc(-c5ccccc5)ccc43)c2-n2c3c(c4cc(-c5ccccc5)ccc42)C=CCC3)c2ccc(-c3ccccc3)cc12. The zero-order valence-corrected chi connectivity index (χ0v) is 40.6. The predicted octanol–water partition coefficient (Wildman–Crippen LogP) is 17.0. The lowest BCUT2D eigenvalue weighted by atomic mass is 9.90. The van der Waals surface area contributed by atoms with Crippen LogP contribution in [0.5, 0.6) is 0 Å². The summed E-state index contributed by atoms with van der Waals surface area (Å²) in [4.78, 5) is 0. The number of rotatable bonds is 8. The van der Waals surface area contributed by atoms with E-state index in [-0.39, 0.29) is 0 Å². The second-order valence-electron chi connectivity index (χ2n) is 18.9. The highest BCUT2D eigenvalue weighted by Gasteiger charge is 2.34. The Kier molecular flexibility index (Phi) is 10.6. The first-order valence-corrected chi connectivity index (χ1v) is 25.0. The quantitative estimate of drug-likeness (QED) is 0.143. The number of para-hydroxylation sites is 1. The first kappa shape index (κ1) is 43.9. The highest BCUT2D eigenvalue weighted by Crippen LogP contribution is 2.49. The van der Waals surface area contributed by atoms with E-state index in [1.807, 2.05) is 54.6 Å². The molecule has 3 heterocycles. The number of aromatic nitrogens is 3. The van der Waals surface area contributed by atoms with Gasteiger partial charge in [0.15, 0.2) is 0 Å². The minimum atomic E-state index is 0.390. The lowest BCUT2D eigenvalue weighted by Crippen LogP contribution is -2.17. The molecule has 0 N–H and O–H groups in total. The summed E-state index contributed by atoms with van der Waals surface area (Å²) < 4.78 is 6.96. The van der Waals surface area contributed by atoms with Crippen molar-refractivity contribution in [2.24, 2.45) is 0 Å². The Hall–Kier alpha value is -10.1. The third-order valence-corrected chi connectivity index (χ3v) is 14.9. The number of benzene rings is 9. The van der Waals surface area contributed by atoms with Crippen molar-refractivity contribution in [3.05, 3.63) is 246 Å². The normalized spacial score (nSPS) is 12.1. The Balaban J connectivity index is 1.27. The van der Waals surface area contributed by atoms with E-state index in [0.717, 1.165) is 124 Å². The van der Waals surface area contributed by atoms with E-state index < -0.39 is 0 Å². The number of allylic oxidation sites excluding steroid dienone is 2. The zero-order chi connectivity index (χ0) is 49.9. The van der Waals surface area contributed by atoms with Crippen LogP contribution in [0.4, 0.5) is 0 Å². The van der Waals surface area contributed by atoms with Crippen LogP contribution in [0.1, 0.15) is 40.1 Å². The number of fused-ring (bicyclic) bond motifs is 7. The molecule has 0 atom stereocenters. The van der Waals surface area contributed by atoms with Gasteiger partial charge in [0.2, 0.25) is 0 Å². The van der Waals surface area contributed by atoms with Gasteiger partial charge in [-0.05, 0) is 113 Å². The minimum absolute atomic E-state index is 0.390. The molecular weight excluding hydrogens is 899 g/mol. The minimum Gasteiger partial charge on any atom is -0.310 e. The molecule has 12 aromatic rings. The fourth-order valence-corrected chi connectivity index (χ4v) is 11.7. The van der Waals surface area contributed by atoms with Gasteiger partial charge < -0.3 is 13.7 Å². The maximum absolute atomic E-state index is 12.2. The topological polar surface area (TPSA) is 62.4 Å². The van der Waals surface area contributed by atoms with E-state index in [1.165, 1.54) is 0 Å². The lowest BCUT2D eigenvalue weighted by molar-refractivity contribution is 0.872. The molecule has 9 aromatic carbocycles. The molecule has 13 rings (SSSR count). The third kappa shape index (κ3) is 6.86. The monoisotopic (exact) mass is 943 g/mol. The van der Waals surface area contributed by atoms with Crippen LogP contribution < -0.4 is 0 Å². The first-order chi connectivity index (χ1) is 36.6. The van der Waals surface area contributed by atoms with Crippen molar-refractivity contribution >= 4 is 55.8 Å². The molecule has 74 heavy (non-hydrogen) atoms. The molecule has 346 valence electrons. The van der Waals surface area contributed by atoms with Crippen LogP contribution >= 0.6 is 0 Å². The van der Waals surface area contributed by atoms with Gasteiger partial charge in [0, 0.05) is 49.6 Å². The van der Waals surface area contributed by atoms with Crippen LogP contribution in [-0.2, 0) is 6.42 Å². The summed E-state index contributed by atoms with van der Waals surface area (Å²) >= 11 is 0. The number of hydrogen-bond donors (Lipinski definition) is 0. The van der Waals surface area contributed by atoms with Gasteiger partial charge >= 0.3 is 0 Å². The van der Waals surface area contributed by atoms with Gasteiger partial charge in [-0.1, -0.05) is 176 Å². The van der Waals surface area contributed by atoms with Crippen molar-refractivity contribution in [3.63, 3.8) is 0 Å². The average molecular weight is 944 g/mol. The number of nitriles is 2. The van der Waals surface area contributed by atoms with Gasteiger partial charge in [-0.25, -0.2) is 0 Å². The molecule has 0 fully saturated rings. The molecule has 0 saturated heterocycles. The number of nitrogens with zero attached hydrogens (tertiary/aromatic N) is 5. The highest BCUT2D eigenvalue weighted by molar-refractivity contribution is 6.12. The van der Waals surface area contributed by atoms with Gasteiger partial charge in [-0.15, -0.1) is 6.42 Å². The van der Waals surface area contributed by atoms with E-state index in [4.69, 9.17) is 6.42 Å². The maximum atomic E-state index is 12.2. The summed E-state index contributed by atoms with van der Waals surface area (Å²) in [6, 6.07) is 75.4. The number of terminal acetylenes is 1. The van der Waals surface area contributed by atoms with Crippen molar-refractivity contribution in [2.75, 3.05) is 0 Å². The lowest BCUT2D eigenvalue weighted by Gasteiger charge is -2.27. The smallest absolute Gasteiger partial charge is 0.102 e. The molecule has 5 nitrogen and oxygen atoms in total. The molecule has 1 aliphatic rings. The largest absolute Gasteiger partial charge is 0.310 e. The Morgan fingerprint density at radius 2 is 0.932 bits per heavy atom. The molecule has 3 aromatic heterocycles. The molecule has 0 amide bonds. The average Bonchev–Trinajstić information content (AvgIpc) is 4.08. The zero-order valence-electron chi connectivity index (χ0n) is 40.6. The van der Waals surface area contributed by atoms with Crippen molar-refractivity contribution in [3.8, 4) is 86.1 Å². The Bertz CT molecular complexity index is 4430. The van der Waals surface area contributed by atoms with E-state index in [2.05, 4.69) is 202 Å². The second kappa shape index (κ2) is 17.9. The first-order valence-electron chi connectivity index (χ1n) is 25.0. The summed E-state index contributed by atoms with van der Waals surface area (Å²) in [7, 11) is 0. The van der Waals surface area contributed by atoms with Crippen molar-refractivity contribution in [2.45, 2.75) is 19.8 Å². The molecule has 0 spiro atoms. The van der Waals surface area contributed by atoms with Crippen LogP contribution in [0, 0.1) is 41.9 Å². The summed E-state index contributed by atoms with van der Waals surface area (Å²) in [5.41, 5.74) is 18.6. The third-order valence-electron chi connectivity index (χ3n) is 14.9. The van der Waals surface area contributed by atoms with E-state index in [1.54, 1.807) is 6.08 Å². The van der Waals surface area contributed by atoms with Crippen molar-refractivity contribution in [1.82, 2.24) is 13.7 Å². The summed E-state index contributed by atoms with van der Waals surface area (Å²) in [5, 5.41) is 28.5. The van der Waals surface area contributed by atoms with Gasteiger partial charge in [0.25, 0.3) is 0 Å². The van der Waals surface area contributed by atoms with Crippen molar-refractivity contribution < 1.29 is 0 Å². The van der Waals surface area contributed by atoms with Crippen LogP contribution in [0.2, 0.25) is 0 Å². The fraction of sp³-hybridized carbons (Fsp3) is 0.0435. The summed E-state index contributed by atoms with van der Waals surface area (Å²) in [6.07, 6.45) is 15.8. The maximum Gasteiger partial charge on any atom is 0.102 e. The Morgan fingerprint density at radius 1 is 0.459 bits per heavy atom. The highest BCUT2D eigenvalue weighted by atomic mass is 15.1. The molecule has 5 heteroatoms. The summed E-state index contributed by atoms with van der Waals surface area (Å²) in [6.45, 7) is 2.12. The van der Waals surface area contributed by atoms with Crippen LogP contribution in [0.15, 0.2) is 212 Å². The van der Waals surface area contributed by atoms with Crippen LogP contribution in [0.25, 0.3) is 117 Å². The van der Waals surface area contributed by atoms with Gasteiger partial charge in [0.1, 0.15) is 12.1 Å². The van der Waals surface area contributed by atoms with Gasteiger partial charge in [-0.3, -0.25) is 0 Å². The van der Waals surface area contributed by atoms with E-state index in [9.17, 15) is 10.5 Å². The standard InChI is InChI=1S/C69H45N5/c1-3-4-29-53-45(2)72(63-37-34-50(40-56(53)63)46-21-9-5-10-22-46)67-59(43-70)66(49-27-15-8-16-28-49)60(44-71)68(73-61-32-19-17-30-54(61)57-41-51(35-38-64(57)73)47-23-11-6-12-24-47)69(67)74-62-33-20-18-31-55(62)58-42-52(36-39-65(58)74)48-25-13-7-14-26-48/h1,4-19,21-32,34-42H,20,33H2,2H3/b29-4-. The van der Waals surface area contributed by atoms with Crippen LogP contribution in [-0.4, -0.2) is 13.7 Å². The van der Waals surface area contributed by atoms with Gasteiger partial charge in [-0.2, -0.15) is 10.5 Å². The molecule has 1 aliphatic carbocycles. The number of hydrogen-bond acceptors (Lipinski definition) is 2. The van der Waals surface area contributed by atoms with Gasteiger partial charge in [0.05, 0.1) is 50.3 Å². The van der Waals surface area contributed by atoms with E-state index >= 15 is 0 Å². The molecule has 0 saturated carbocycles. The molecular formula is C69H45N5. The summed E-state index contributed by atoms with van der Waals surface area (Å²) in [5.74, 6) is 2.76.